The number of anilines is 2. The molecule has 1 aromatic heterocycles. The van der Waals surface area contributed by atoms with Gasteiger partial charge in [0.15, 0.2) is 5.82 Å². The summed E-state index contributed by atoms with van der Waals surface area (Å²) in [6.45, 7) is 3.34. The van der Waals surface area contributed by atoms with Crippen LogP contribution in [0.2, 0.25) is 0 Å². The zero-order chi connectivity index (χ0) is 18.4. The number of nitrogens with one attached hydrogen (secondary N) is 1. The predicted molar refractivity (Wildman–Crippen MR) is 92.1 cm³/mol. The predicted octanol–water partition coefficient (Wildman–Crippen LogP) is 2.38. The van der Waals surface area contributed by atoms with E-state index in [1.807, 2.05) is 0 Å². The third-order valence-corrected chi connectivity index (χ3v) is 3.51. The number of ether oxygens (including phenoxy) is 2. The average Bonchev–Trinajstić information content (AvgIpc) is 2.99. The largest absolute Gasteiger partial charge is 0.497 e. The van der Waals surface area contributed by atoms with Crippen molar-refractivity contribution < 1.29 is 23.6 Å². The topological polar surface area (TPSA) is 93.9 Å². The number of carbonyl (C=O) groups is 2. The van der Waals surface area contributed by atoms with Crippen LogP contribution in [0.15, 0.2) is 28.8 Å². The molecular weight excluding hydrogens is 326 g/mol. The first kappa shape index (κ1) is 18.3. The van der Waals surface area contributed by atoms with E-state index in [2.05, 4.69) is 10.5 Å². The van der Waals surface area contributed by atoms with Crippen LogP contribution in [-0.2, 0) is 9.59 Å². The Morgan fingerprint density at radius 3 is 2.56 bits per heavy atom. The summed E-state index contributed by atoms with van der Waals surface area (Å²) >= 11 is 0. The van der Waals surface area contributed by atoms with Crippen molar-refractivity contribution in [3.8, 4) is 11.5 Å². The van der Waals surface area contributed by atoms with E-state index in [9.17, 15) is 9.59 Å². The molecule has 0 bridgehead atoms. The Bertz CT molecular complexity index is 756. The van der Waals surface area contributed by atoms with Gasteiger partial charge in [0.25, 0.3) is 0 Å². The number of hydrogen-bond donors (Lipinski definition) is 1. The van der Waals surface area contributed by atoms with Gasteiger partial charge in [-0.1, -0.05) is 5.16 Å². The fourth-order valence-corrected chi connectivity index (χ4v) is 2.30. The van der Waals surface area contributed by atoms with Gasteiger partial charge in [-0.3, -0.25) is 9.59 Å². The zero-order valence-electron chi connectivity index (χ0n) is 14.7. The second kappa shape index (κ2) is 8.18. The molecule has 2 rings (SSSR count). The molecule has 1 heterocycles. The lowest BCUT2D eigenvalue weighted by atomic mass is 10.2. The highest BCUT2D eigenvalue weighted by atomic mass is 16.5. The summed E-state index contributed by atoms with van der Waals surface area (Å²) in [4.78, 5) is 25.6. The molecule has 1 N–H and O–H groups in total. The van der Waals surface area contributed by atoms with Crippen LogP contribution >= 0.6 is 0 Å². The molecule has 0 aliphatic carbocycles. The van der Waals surface area contributed by atoms with E-state index < -0.39 is 0 Å². The van der Waals surface area contributed by atoms with Crippen molar-refractivity contribution in [1.29, 1.82) is 0 Å². The first-order chi connectivity index (χ1) is 11.9. The van der Waals surface area contributed by atoms with Gasteiger partial charge in [-0.2, -0.15) is 0 Å². The van der Waals surface area contributed by atoms with Crippen LogP contribution in [0.25, 0.3) is 0 Å². The first-order valence-electron chi connectivity index (χ1n) is 7.68. The third kappa shape index (κ3) is 4.72. The fraction of sp³-hybridized carbons (Fsp3) is 0.353. The molecule has 2 aromatic rings. The van der Waals surface area contributed by atoms with E-state index in [-0.39, 0.29) is 24.8 Å². The van der Waals surface area contributed by atoms with Gasteiger partial charge < -0.3 is 24.2 Å². The van der Waals surface area contributed by atoms with Crippen molar-refractivity contribution in [2.75, 3.05) is 31.0 Å². The number of aromatic nitrogens is 1. The highest BCUT2D eigenvalue weighted by molar-refractivity contribution is 5.95. The maximum atomic E-state index is 12.1. The number of hydrogen-bond acceptors (Lipinski definition) is 6. The molecule has 0 aliphatic heterocycles. The lowest BCUT2D eigenvalue weighted by Gasteiger charge is -2.23. The smallest absolute Gasteiger partial charge is 0.227 e. The van der Waals surface area contributed by atoms with Crippen LogP contribution < -0.4 is 19.7 Å². The molecular formula is C17H21N3O5. The van der Waals surface area contributed by atoms with E-state index >= 15 is 0 Å². The molecule has 1 aromatic carbocycles. The summed E-state index contributed by atoms with van der Waals surface area (Å²) < 4.78 is 15.4. The molecule has 0 unspecified atom stereocenters. The molecule has 0 radical (unpaired) electrons. The highest BCUT2D eigenvalue weighted by Gasteiger charge is 2.19. The molecule has 8 heteroatoms. The van der Waals surface area contributed by atoms with Gasteiger partial charge >= 0.3 is 0 Å². The number of benzene rings is 1. The van der Waals surface area contributed by atoms with Crippen LogP contribution in [0.5, 0.6) is 11.5 Å². The number of methoxy groups -OCH3 is 2. The highest BCUT2D eigenvalue weighted by Crippen LogP contribution is 2.32. The summed E-state index contributed by atoms with van der Waals surface area (Å²) in [5.74, 6) is 1.56. The van der Waals surface area contributed by atoms with Gasteiger partial charge in [0.05, 0.1) is 19.9 Å². The summed E-state index contributed by atoms with van der Waals surface area (Å²) in [5, 5.41) is 6.32. The van der Waals surface area contributed by atoms with Crippen molar-refractivity contribution in [2.45, 2.75) is 20.3 Å². The number of aryl methyl sites for hydroxylation is 1. The molecule has 25 heavy (non-hydrogen) atoms. The van der Waals surface area contributed by atoms with E-state index in [1.54, 1.807) is 31.2 Å². The minimum atomic E-state index is -0.276. The van der Waals surface area contributed by atoms with Gasteiger partial charge in [0.2, 0.25) is 11.8 Å². The molecule has 8 nitrogen and oxygen atoms in total. The summed E-state index contributed by atoms with van der Waals surface area (Å²) in [7, 11) is 3.06. The maximum absolute atomic E-state index is 12.1. The second-order valence-electron chi connectivity index (χ2n) is 5.33. The van der Waals surface area contributed by atoms with Crippen molar-refractivity contribution in [3.63, 3.8) is 0 Å². The summed E-state index contributed by atoms with van der Waals surface area (Å²) in [6, 6.07) is 6.76. The van der Waals surface area contributed by atoms with Crippen LogP contribution in [0.3, 0.4) is 0 Å². The monoisotopic (exact) mass is 347 g/mol. The van der Waals surface area contributed by atoms with Gasteiger partial charge in [-0.05, 0) is 19.1 Å². The fourth-order valence-electron chi connectivity index (χ4n) is 2.30. The van der Waals surface area contributed by atoms with Crippen LogP contribution in [0.1, 0.15) is 19.1 Å². The van der Waals surface area contributed by atoms with Gasteiger partial charge in [-0.15, -0.1) is 0 Å². The number of amides is 2. The minimum Gasteiger partial charge on any atom is -0.497 e. The molecule has 2 amide bonds. The molecule has 0 saturated heterocycles. The molecule has 0 atom stereocenters. The molecule has 0 saturated carbocycles. The lowest BCUT2D eigenvalue weighted by Crippen LogP contribution is -2.32. The number of carbonyl (C=O) groups excluding carboxylic acids is 2. The Balaban J connectivity index is 2.10. The summed E-state index contributed by atoms with van der Waals surface area (Å²) in [5.41, 5.74) is 0.541. The Morgan fingerprint density at radius 2 is 2.00 bits per heavy atom. The second-order valence-corrected chi connectivity index (χ2v) is 5.33. The number of rotatable bonds is 7. The molecule has 0 fully saturated rings. The van der Waals surface area contributed by atoms with E-state index in [1.165, 1.54) is 26.0 Å². The third-order valence-electron chi connectivity index (χ3n) is 3.51. The minimum absolute atomic E-state index is 0.0891. The molecule has 0 spiro atoms. The standard InChI is InChI=1S/C17H21N3O5/c1-11-9-16(19-25-11)18-17(22)7-8-20(12(2)21)14-10-13(23-3)5-6-15(14)24-4/h5-6,9-10H,7-8H2,1-4H3,(H,18,19,22). The normalized spacial score (nSPS) is 10.2. The first-order valence-corrected chi connectivity index (χ1v) is 7.68. The van der Waals surface area contributed by atoms with Crippen LogP contribution in [0.4, 0.5) is 11.5 Å². The molecule has 0 aliphatic rings. The van der Waals surface area contributed by atoms with Gasteiger partial charge in [0, 0.05) is 32.0 Å². The van der Waals surface area contributed by atoms with Gasteiger partial charge in [0.1, 0.15) is 17.3 Å². The van der Waals surface area contributed by atoms with E-state index in [0.717, 1.165) is 0 Å². The van der Waals surface area contributed by atoms with Crippen molar-refractivity contribution in [3.05, 3.63) is 30.0 Å². The van der Waals surface area contributed by atoms with Gasteiger partial charge in [-0.25, -0.2) is 0 Å². The van der Waals surface area contributed by atoms with Crippen molar-refractivity contribution in [2.24, 2.45) is 0 Å². The van der Waals surface area contributed by atoms with Crippen LogP contribution in [-0.4, -0.2) is 37.7 Å². The molecule has 134 valence electrons. The quantitative estimate of drug-likeness (QED) is 0.826. The average molecular weight is 347 g/mol. The van der Waals surface area contributed by atoms with Crippen LogP contribution in [0, 0.1) is 6.92 Å². The maximum Gasteiger partial charge on any atom is 0.227 e. The van der Waals surface area contributed by atoms with Crippen molar-refractivity contribution >= 4 is 23.3 Å². The van der Waals surface area contributed by atoms with E-state index in [0.29, 0.717) is 28.8 Å². The Labute approximate surface area is 145 Å². The zero-order valence-corrected chi connectivity index (χ0v) is 14.7. The Hall–Kier alpha value is -3.03. The SMILES string of the molecule is COc1ccc(OC)c(N(CCC(=O)Nc2cc(C)on2)C(C)=O)c1. The summed E-state index contributed by atoms with van der Waals surface area (Å²) in [6.07, 6.45) is 0.0891. The number of nitrogens with zero attached hydrogens (tertiary/aromatic N) is 2. The van der Waals surface area contributed by atoms with Crippen molar-refractivity contribution in [1.82, 2.24) is 5.16 Å². The Morgan fingerprint density at radius 1 is 1.24 bits per heavy atom. The van der Waals surface area contributed by atoms with E-state index in [4.69, 9.17) is 14.0 Å². The lowest BCUT2D eigenvalue weighted by molar-refractivity contribution is -0.117. The Kier molecular flexibility index (Phi) is 5.99.